The molecule has 0 aliphatic heterocycles. The molecule has 0 aromatic heterocycles. The number of hydrogen-bond acceptors (Lipinski definition) is 1. The molecule has 0 fully saturated rings. The largest absolute Gasteiger partial charge is 0.326 e. The molecule has 0 saturated carbocycles. The van der Waals surface area contributed by atoms with E-state index >= 15 is 0 Å². The third-order valence-corrected chi connectivity index (χ3v) is 9.58. The van der Waals surface area contributed by atoms with Crippen LogP contribution in [0.5, 0.6) is 0 Å². The van der Waals surface area contributed by atoms with Gasteiger partial charge < -0.3 is 4.48 Å². The maximum Gasteiger partial charge on any atom is 0.193 e. The summed E-state index contributed by atoms with van der Waals surface area (Å²) in [5.74, 6) is 0.0752. The molecule has 0 aliphatic rings. The topological polar surface area (TPSA) is 17.1 Å². The van der Waals surface area contributed by atoms with Crippen LogP contribution in [0.25, 0.3) is 0 Å². The van der Waals surface area contributed by atoms with Gasteiger partial charge in [-0.05, 0) is 50.2 Å². The molecule has 0 heterocycles. The average molecular weight is 682 g/mol. The molecule has 0 unspecified atom stereocenters. The van der Waals surface area contributed by atoms with Crippen LogP contribution in [0.3, 0.4) is 0 Å². The van der Waals surface area contributed by atoms with Gasteiger partial charge in [-0.2, -0.15) is 6.32 Å². The predicted molar refractivity (Wildman–Crippen MR) is 225 cm³/mol. The summed E-state index contributed by atoms with van der Waals surface area (Å²) in [4.78, 5) is 11.8. The van der Waals surface area contributed by atoms with Crippen LogP contribution in [-0.4, -0.2) is 44.8 Å². The van der Waals surface area contributed by atoms with Crippen LogP contribution < -0.4 is 0 Å². The van der Waals surface area contributed by atoms with Gasteiger partial charge in [-0.15, -0.1) is 0 Å². The Labute approximate surface area is 312 Å². The SMILES string of the molecule is CCCC[N+](C)(CCCC)CCCC.O=C(c1ccccc1)c1ccccc1.[BH3-]CCCC(c1ccccc1)(c1ccccc1)c1ccccc1. The van der Waals surface area contributed by atoms with Crippen LogP contribution in [0.15, 0.2) is 152 Å². The van der Waals surface area contributed by atoms with E-state index in [4.69, 9.17) is 0 Å². The second-order valence-electron chi connectivity index (χ2n) is 13.5. The van der Waals surface area contributed by atoms with Crippen LogP contribution in [0.2, 0.25) is 6.32 Å². The molecule has 0 radical (unpaired) electrons. The molecule has 5 rings (SSSR count). The van der Waals surface area contributed by atoms with Crippen LogP contribution in [0, 0.1) is 0 Å². The Morgan fingerprint density at radius 1 is 0.490 bits per heavy atom. The first kappa shape index (κ1) is 41.2. The van der Waals surface area contributed by atoms with Crippen molar-refractivity contribution in [2.75, 3.05) is 26.7 Å². The number of hydrogen-bond donors (Lipinski definition) is 0. The summed E-state index contributed by atoms with van der Waals surface area (Å²) in [5.41, 5.74) is 5.66. The van der Waals surface area contributed by atoms with Gasteiger partial charge in [0.15, 0.2) is 5.78 Å². The van der Waals surface area contributed by atoms with Gasteiger partial charge in [-0.1, -0.05) is 198 Å². The molecule has 0 aliphatic carbocycles. The quantitative estimate of drug-likeness (QED) is 0.0413. The molecule has 5 aromatic rings. The maximum atomic E-state index is 11.8. The molecule has 0 saturated heterocycles. The lowest BCUT2D eigenvalue weighted by Crippen LogP contribution is -2.46. The first-order valence-electron chi connectivity index (χ1n) is 18.9. The van der Waals surface area contributed by atoms with E-state index in [1.807, 2.05) is 60.7 Å². The molecular weight excluding hydrogens is 617 g/mol. The molecular formula is C48H64BNO. The number of carbonyl (C=O) groups is 1. The molecule has 3 heteroatoms. The van der Waals surface area contributed by atoms with E-state index in [0.29, 0.717) is 7.85 Å². The van der Waals surface area contributed by atoms with Crippen molar-refractivity contribution in [3.05, 3.63) is 179 Å². The predicted octanol–water partition coefficient (Wildman–Crippen LogP) is 11.3. The fourth-order valence-corrected chi connectivity index (χ4v) is 6.67. The fraction of sp³-hybridized carbons (Fsp3) is 0.354. The van der Waals surface area contributed by atoms with Crippen molar-refractivity contribution in [3.8, 4) is 0 Å². The van der Waals surface area contributed by atoms with Crippen molar-refractivity contribution in [1.82, 2.24) is 0 Å². The van der Waals surface area contributed by atoms with E-state index in [1.54, 1.807) is 0 Å². The lowest BCUT2D eigenvalue weighted by molar-refractivity contribution is -0.910. The monoisotopic (exact) mass is 682 g/mol. The summed E-state index contributed by atoms with van der Waals surface area (Å²) in [6.07, 6.45) is 12.2. The number of ketones is 1. The highest BCUT2D eigenvalue weighted by atomic mass is 16.1. The Morgan fingerprint density at radius 2 is 0.784 bits per heavy atom. The van der Waals surface area contributed by atoms with Gasteiger partial charge in [-0.3, -0.25) is 4.79 Å². The summed E-state index contributed by atoms with van der Waals surface area (Å²) in [6, 6.07) is 51.7. The maximum absolute atomic E-state index is 11.8. The number of nitrogens with zero attached hydrogens (tertiary/aromatic N) is 1. The van der Waals surface area contributed by atoms with Crippen molar-refractivity contribution in [2.24, 2.45) is 0 Å². The first-order valence-corrected chi connectivity index (χ1v) is 18.9. The molecule has 2 nitrogen and oxygen atoms in total. The summed E-state index contributed by atoms with van der Waals surface area (Å²) < 4.78 is 1.32. The zero-order valence-corrected chi connectivity index (χ0v) is 31.3. The van der Waals surface area contributed by atoms with Crippen molar-refractivity contribution < 1.29 is 9.28 Å². The van der Waals surface area contributed by atoms with E-state index in [-0.39, 0.29) is 11.2 Å². The second-order valence-corrected chi connectivity index (χ2v) is 13.5. The molecule has 0 bridgehead atoms. The van der Waals surface area contributed by atoms with Crippen molar-refractivity contribution in [2.45, 2.75) is 83.9 Å². The minimum atomic E-state index is -0.0297. The number of unbranched alkanes of at least 4 members (excludes halogenated alkanes) is 3. The van der Waals surface area contributed by atoms with Crippen LogP contribution in [0.4, 0.5) is 0 Å². The first-order chi connectivity index (χ1) is 24.9. The molecule has 0 atom stereocenters. The zero-order chi connectivity index (χ0) is 36.6. The minimum Gasteiger partial charge on any atom is -0.326 e. The highest BCUT2D eigenvalue weighted by Gasteiger charge is 2.35. The third kappa shape index (κ3) is 13.1. The van der Waals surface area contributed by atoms with Gasteiger partial charge in [0.1, 0.15) is 0 Å². The van der Waals surface area contributed by atoms with Gasteiger partial charge in [0.25, 0.3) is 0 Å². The van der Waals surface area contributed by atoms with Gasteiger partial charge >= 0.3 is 0 Å². The Bertz CT molecular complexity index is 1430. The summed E-state index contributed by atoms with van der Waals surface area (Å²) in [5, 5.41) is 0. The van der Waals surface area contributed by atoms with Gasteiger partial charge in [0.2, 0.25) is 0 Å². The Morgan fingerprint density at radius 3 is 1.06 bits per heavy atom. The van der Waals surface area contributed by atoms with E-state index < -0.39 is 0 Å². The minimum absolute atomic E-state index is 0.0297. The van der Waals surface area contributed by atoms with Gasteiger partial charge in [-0.25, -0.2) is 0 Å². The second kappa shape index (κ2) is 23.3. The fourth-order valence-electron chi connectivity index (χ4n) is 6.67. The Kier molecular flexibility index (Phi) is 18.8. The summed E-state index contributed by atoms with van der Waals surface area (Å²) in [7, 11) is 2.91. The number of carbonyl (C=O) groups excluding carboxylic acids is 1. The number of rotatable bonds is 17. The van der Waals surface area contributed by atoms with Gasteiger partial charge in [0, 0.05) is 16.5 Å². The van der Waals surface area contributed by atoms with E-state index in [9.17, 15) is 4.79 Å². The highest BCUT2D eigenvalue weighted by molar-refractivity contribution is 6.09. The lowest BCUT2D eigenvalue weighted by Gasteiger charge is -2.36. The smallest absolute Gasteiger partial charge is 0.193 e. The molecule has 5 aromatic carbocycles. The Hall–Kier alpha value is -4.21. The van der Waals surface area contributed by atoms with Crippen LogP contribution in [0.1, 0.15) is 105 Å². The van der Waals surface area contributed by atoms with Crippen molar-refractivity contribution in [1.29, 1.82) is 0 Å². The Balaban J connectivity index is 0.000000219. The van der Waals surface area contributed by atoms with Gasteiger partial charge in [0.05, 0.1) is 26.7 Å². The number of benzene rings is 5. The molecule has 0 spiro atoms. The van der Waals surface area contributed by atoms with Crippen molar-refractivity contribution in [3.63, 3.8) is 0 Å². The van der Waals surface area contributed by atoms with Crippen LogP contribution in [-0.2, 0) is 5.41 Å². The average Bonchev–Trinajstić information content (AvgIpc) is 3.21. The summed E-state index contributed by atoms with van der Waals surface area (Å²) >= 11 is 0. The van der Waals surface area contributed by atoms with Crippen LogP contribution >= 0.6 is 0 Å². The standard InChI is InChI=1S/C22H24B.C13H30N.C13H10O/c23-18-10-17-22(19-11-4-1-5-12-19,20-13-6-2-7-14-20)21-15-8-3-9-16-21;1-5-8-11-14(4,12-9-6-2)13-10-7-3;14-13(11-7-3-1-4-8-11)12-9-5-2-6-10-12/h1-9,11-16H,10,17-18H2,23H3;5-13H2,1-4H3;1-10H/q-1;+1;. The van der Waals surface area contributed by atoms with E-state index in [2.05, 4.69) is 119 Å². The zero-order valence-electron chi connectivity index (χ0n) is 31.3. The van der Waals surface area contributed by atoms with E-state index in [0.717, 1.165) is 11.1 Å². The van der Waals surface area contributed by atoms with Crippen molar-refractivity contribution >= 4 is 13.6 Å². The molecule has 0 amide bonds. The lowest BCUT2D eigenvalue weighted by atomic mass is 9.66. The number of quaternary nitrogens is 1. The third-order valence-electron chi connectivity index (χ3n) is 9.58. The molecule has 0 N–H and O–H groups in total. The normalized spacial score (nSPS) is 11.1. The van der Waals surface area contributed by atoms with E-state index in [1.165, 1.54) is 98.5 Å². The highest BCUT2D eigenvalue weighted by Crippen LogP contribution is 2.43. The molecule has 270 valence electrons. The summed E-state index contributed by atoms with van der Waals surface area (Å²) in [6.45, 7) is 11.0. The molecule has 51 heavy (non-hydrogen) atoms.